The highest BCUT2D eigenvalue weighted by molar-refractivity contribution is 7.07. The van der Waals surface area contributed by atoms with Crippen molar-refractivity contribution in [3.8, 4) is 11.5 Å². The van der Waals surface area contributed by atoms with Crippen molar-refractivity contribution in [3.63, 3.8) is 0 Å². The van der Waals surface area contributed by atoms with E-state index in [4.69, 9.17) is 14.2 Å². The molecule has 9 heteroatoms. The topological polar surface area (TPSA) is 96.2 Å². The van der Waals surface area contributed by atoms with Crippen molar-refractivity contribution in [1.82, 2.24) is 4.57 Å². The number of ether oxygens (including phenoxy) is 3. The molecule has 0 aliphatic carbocycles. The lowest BCUT2D eigenvalue weighted by atomic mass is 9.96. The third-order valence-electron chi connectivity index (χ3n) is 5.42. The number of methoxy groups -OCH3 is 1. The Morgan fingerprint density at radius 3 is 2.58 bits per heavy atom. The number of carbonyl (C=O) groups is 2. The van der Waals surface area contributed by atoms with Crippen LogP contribution in [-0.4, -0.2) is 30.2 Å². The Bertz CT molecular complexity index is 1550. The Kier molecular flexibility index (Phi) is 7.30. The monoisotopic (exact) mass is 504 g/mol. The van der Waals surface area contributed by atoms with Crippen LogP contribution in [0, 0.1) is 0 Å². The first-order valence-corrected chi connectivity index (χ1v) is 11.9. The molecule has 1 aromatic heterocycles. The van der Waals surface area contributed by atoms with E-state index in [0.29, 0.717) is 37.7 Å². The van der Waals surface area contributed by atoms with Crippen LogP contribution in [0.4, 0.5) is 0 Å². The zero-order valence-electron chi connectivity index (χ0n) is 20.0. The Morgan fingerprint density at radius 2 is 1.92 bits per heavy atom. The zero-order chi connectivity index (χ0) is 25.8. The largest absolute Gasteiger partial charge is 0.497 e. The summed E-state index contributed by atoms with van der Waals surface area (Å²) in [6.07, 6.45) is 3.19. The number of rotatable bonds is 7. The molecule has 3 aromatic rings. The van der Waals surface area contributed by atoms with Gasteiger partial charge in [0.15, 0.2) is 4.80 Å². The lowest BCUT2D eigenvalue weighted by Gasteiger charge is -2.24. The first-order valence-electron chi connectivity index (χ1n) is 11.1. The second-order valence-corrected chi connectivity index (χ2v) is 8.92. The predicted octanol–water partition coefficient (Wildman–Crippen LogP) is 2.90. The second-order valence-electron chi connectivity index (χ2n) is 7.91. The van der Waals surface area contributed by atoms with Gasteiger partial charge in [-0.2, -0.15) is 0 Å². The fraction of sp³-hybridized carbons (Fsp3) is 0.185. The fourth-order valence-electron chi connectivity index (χ4n) is 3.88. The summed E-state index contributed by atoms with van der Waals surface area (Å²) in [5, 5.41) is 0. The summed E-state index contributed by atoms with van der Waals surface area (Å²) in [6, 6.07) is 13.3. The number of hydrogen-bond acceptors (Lipinski definition) is 8. The van der Waals surface area contributed by atoms with E-state index < -0.39 is 18.0 Å². The van der Waals surface area contributed by atoms with Crippen molar-refractivity contribution in [3.05, 3.63) is 103 Å². The Morgan fingerprint density at radius 1 is 1.17 bits per heavy atom. The highest BCUT2D eigenvalue weighted by atomic mass is 32.1. The summed E-state index contributed by atoms with van der Waals surface area (Å²) in [5.74, 6) is 0.0243. The Hall–Kier alpha value is -4.24. The zero-order valence-corrected chi connectivity index (χ0v) is 20.8. The van der Waals surface area contributed by atoms with Crippen LogP contribution in [-0.2, 0) is 14.3 Å². The van der Waals surface area contributed by atoms with Crippen molar-refractivity contribution in [2.24, 2.45) is 4.99 Å². The number of esters is 2. The van der Waals surface area contributed by atoms with Crippen molar-refractivity contribution in [1.29, 1.82) is 0 Å². The number of nitrogens with zero attached hydrogens (tertiary/aromatic N) is 2. The molecule has 0 spiro atoms. The van der Waals surface area contributed by atoms with E-state index in [9.17, 15) is 14.4 Å². The minimum Gasteiger partial charge on any atom is -0.497 e. The molecule has 2 aromatic carbocycles. The number of carbonyl (C=O) groups excluding carboxylic acids is 2. The van der Waals surface area contributed by atoms with E-state index in [-0.39, 0.29) is 17.7 Å². The maximum Gasteiger partial charge on any atom is 0.338 e. The van der Waals surface area contributed by atoms with Crippen molar-refractivity contribution >= 4 is 29.4 Å². The molecule has 0 saturated heterocycles. The molecule has 0 fully saturated rings. The molecule has 1 aliphatic heterocycles. The number of thiazole rings is 1. The van der Waals surface area contributed by atoms with Crippen LogP contribution in [0.5, 0.6) is 11.5 Å². The average Bonchev–Trinajstić information content (AvgIpc) is 3.15. The van der Waals surface area contributed by atoms with E-state index in [1.807, 2.05) is 12.1 Å². The predicted molar refractivity (Wildman–Crippen MR) is 136 cm³/mol. The molecule has 0 amide bonds. The van der Waals surface area contributed by atoms with Gasteiger partial charge in [-0.3, -0.25) is 14.2 Å². The van der Waals surface area contributed by atoms with Gasteiger partial charge in [0.25, 0.3) is 5.56 Å². The lowest BCUT2D eigenvalue weighted by molar-refractivity contribution is -0.138. The summed E-state index contributed by atoms with van der Waals surface area (Å²) in [5.41, 5.74) is 1.83. The van der Waals surface area contributed by atoms with Gasteiger partial charge in [0.05, 0.1) is 29.0 Å². The minimum absolute atomic E-state index is 0.0358. The standard InChI is InChI=1S/C27H24N2O6S/c1-5-13-34-26(32)23-16(2)28-27-29(24(23)19-9-11-20(33-4)12-10-19)25(31)22(36-27)15-18-7-6-8-21(14-18)35-17(3)30/h5-12,14-15,24H,1,13H2,2-4H3/b22-15-/t24-/m1/s1. The first-order chi connectivity index (χ1) is 17.3. The third kappa shape index (κ3) is 5.06. The number of aromatic nitrogens is 1. The first kappa shape index (κ1) is 24.9. The molecule has 0 radical (unpaired) electrons. The average molecular weight is 505 g/mol. The number of fused-ring (bicyclic) bond motifs is 1. The van der Waals surface area contributed by atoms with Crippen LogP contribution in [0.15, 0.2) is 82.2 Å². The van der Waals surface area contributed by atoms with E-state index >= 15 is 0 Å². The quantitative estimate of drug-likeness (QED) is 0.279. The van der Waals surface area contributed by atoms with Gasteiger partial charge in [-0.15, -0.1) is 0 Å². The van der Waals surface area contributed by atoms with Gasteiger partial charge >= 0.3 is 11.9 Å². The van der Waals surface area contributed by atoms with Gasteiger partial charge in [0.1, 0.15) is 18.1 Å². The molecule has 0 unspecified atom stereocenters. The smallest absolute Gasteiger partial charge is 0.338 e. The highest BCUT2D eigenvalue weighted by Crippen LogP contribution is 2.31. The van der Waals surface area contributed by atoms with Crippen molar-refractivity contribution < 1.29 is 23.8 Å². The maximum atomic E-state index is 13.7. The van der Waals surface area contributed by atoms with Crippen LogP contribution in [0.3, 0.4) is 0 Å². The second kappa shape index (κ2) is 10.6. The normalized spacial score (nSPS) is 15.1. The Balaban J connectivity index is 1.88. The molecular weight excluding hydrogens is 480 g/mol. The van der Waals surface area contributed by atoms with Crippen LogP contribution >= 0.6 is 11.3 Å². The van der Waals surface area contributed by atoms with Crippen LogP contribution in [0.2, 0.25) is 0 Å². The van der Waals surface area contributed by atoms with Gasteiger partial charge in [-0.05, 0) is 48.4 Å². The molecule has 184 valence electrons. The van der Waals surface area contributed by atoms with Gasteiger partial charge in [-0.25, -0.2) is 9.79 Å². The van der Waals surface area contributed by atoms with Crippen LogP contribution < -0.4 is 24.4 Å². The fourth-order valence-corrected chi connectivity index (χ4v) is 4.93. The summed E-state index contributed by atoms with van der Waals surface area (Å²) < 4.78 is 17.7. The van der Waals surface area contributed by atoms with Gasteiger partial charge in [0.2, 0.25) is 0 Å². The molecule has 4 rings (SSSR count). The third-order valence-corrected chi connectivity index (χ3v) is 6.41. The van der Waals surface area contributed by atoms with Gasteiger partial charge in [0, 0.05) is 6.92 Å². The Labute approximate surface area is 211 Å². The van der Waals surface area contributed by atoms with E-state index in [0.717, 1.165) is 0 Å². The molecule has 8 nitrogen and oxygen atoms in total. The van der Waals surface area contributed by atoms with E-state index in [1.165, 1.54) is 28.9 Å². The van der Waals surface area contributed by atoms with Crippen molar-refractivity contribution in [2.75, 3.05) is 13.7 Å². The molecule has 36 heavy (non-hydrogen) atoms. The summed E-state index contributed by atoms with van der Waals surface area (Å²) in [6.45, 7) is 6.67. The summed E-state index contributed by atoms with van der Waals surface area (Å²) in [4.78, 5) is 43.0. The molecule has 0 saturated carbocycles. The SMILES string of the molecule is C=CCOC(=O)C1=C(C)N=c2s/c(=C\c3cccc(OC(C)=O)c3)c(=O)n2[C@@H]1c1ccc(OC)cc1. The van der Waals surface area contributed by atoms with Crippen LogP contribution in [0.25, 0.3) is 6.08 Å². The number of allylic oxidation sites excluding steroid dienone is 1. The van der Waals surface area contributed by atoms with E-state index in [2.05, 4.69) is 11.6 Å². The highest BCUT2D eigenvalue weighted by Gasteiger charge is 2.33. The number of hydrogen-bond donors (Lipinski definition) is 0. The maximum absolute atomic E-state index is 13.7. The molecule has 0 bridgehead atoms. The van der Waals surface area contributed by atoms with Crippen LogP contribution in [0.1, 0.15) is 31.0 Å². The number of benzene rings is 2. The van der Waals surface area contributed by atoms with Gasteiger partial charge in [-0.1, -0.05) is 48.3 Å². The molecule has 1 aliphatic rings. The van der Waals surface area contributed by atoms with Crippen molar-refractivity contribution in [2.45, 2.75) is 19.9 Å². The van der Waals surface area contributed by atoms with Gasteiger partial charge < -0.3 is 14.2 Å². The minimum atomic E-state index is -0.737. The lowest BCUT2D eigenvalue weighted by Crippen LogP contribution is -2.39. The summed E-state index contributed by atoms with van der Waals surface area (Å²) >= 11 is 1.21. The molecule has 0 N–H and O–H groups in total. The molecule has 2 heterocycles. The summed E-state index contributed by atoms with van der Waals surface area (Å²) in [7, 11) is 1.57. The van der Waals surface area contributed by atoms with E-state index in [1.54, 1.807) is 56.5 Å². The molecular formula is C27H24N2O6S. The molecule has 1 atom stereocenters.